The molecule has 1 fully saturated rings. The van der Waals surface area contributed by atoms with E-state index in [1.807, 2.05) is 0 Å². The number of unbranched alkanes of at least 4 members (excludes halogenated alkanes) is 1. The van der Waals surface area contributed by atoms with Crippen molar-refractivity contribution in [2.24, 2.45) is 0 Å². The van der Waals surface area contributed by atoms with Crippen LogP contribution in [0, 0.1) is 4.77 Å². The van der Waals surface area contributed by atoms with E-state index in [0.717, 1.165) is 36.6 Å². The van der Waals surface area contributed by atoms with Crippen molar-refractivity contribution in [1.82, 2.24) is 14.8 Å². The van der Waals surface area contributed by atoms with Gasteiger partial charge in [-0.05, 0) is 37.9 Å². The Morgan fingerprint density at radius 3 is 2.89 bits per heavy atom. The number of H-pyrrole nitrogens is 1. The van der Waals surface area contributed by atoms with Gasteiger partial charge in [-0.3, -0.25) is 5.10 Å². The summed E-state index contributed by atoms with van der Waals surface area (Å²) in [5, 5.41) is 7.21. The van der Waals surface area contributed by atoms with Crippen LogP contribution in [0.1, 0.15) is 37.4 Å². The van der Waals surface area contributed by atoms with Crippen LogP contribution in [0.5, 0.6) is 0 Å². The Labute approximate surface area is 112 Å². The van der Waals surface area contributed by atoms with Crippen LogP contribution >= 0.6 is 12.2 Å². The van der Waals surface area contributed by atoms with E-state index in [-0.39, 0.29) is 0 Å². The second-order valence-electron chi connectivity index (χ2n) is 4.63. The van der Waals surface area contributed by atoms with Crippen molar-refractivity contribution in [2.75, 3.05) is 26.9 Å². The summed E-state index contributed by atoms with van der Waals surface area (Å²) in [4.78, 5) is 0. The first kappa shape index (κ1) is 13.7. The van der Waals surface area contributed by atoms with E-state index in [2.05, 4.69) is 14.8 Å². The Kier molecular flexibility index (Phi) is 5.34. The lowest BCUT2D eigenvalue weighted by molar-refractivity contribution is 0.0684. The molecule has 5 nitrogen and oxygen atoms in total. The zero-order valence-electron chi connectivity index (χ0n) is 10.9. The van der Waals surface area contributed by atoms with Crippen molar-refractivity contribution in [2.45, 2.75) is 38.1 Å². The Hall–Kier alpha value is -0.720. The van der Waals surface area contributed by atoms with E-state index in [1.54, 1.807) is 7.11 Å². The van der Waals surface area contributed by atoms with Gasteiger partial charge in [-0.15, -0.1) is 0 Å². The van der Waals surface area contributed by atoms with Gasteiger partial charge in [0.2, 0.25) is 0 Å². The van der Waals surface area contributed by atoms with Crippen LogP contribution in [0.2, 0.25) is 0 Å². The molecular weight excluding hydrogens is 250 g/mol. The second-order valence-corrected chi connectivity index (χ2v) is 5.01. The molecule has 0 spiro atoms. The first-order valence-corrected chi connectivity index (χ1v) is 6.95. The van der Waals surface area contributed by atoms with Crippen LogP contribution in [0.15, 0.2) is 0 Å². The molecular formula is C12H21N3O2S. The smallest absolute Gasteiger partial charge is 0.195 e. The Morgan fingerprint density at radius 2 is 2.17 bits per heavy atom. The molecule has 102 valence electrons. The number of aromatic amines is 1. The summed E-state index contributed by atoms with van der Waals surface area (Å²) in [6.45, 7) is 3.07. The van der Waals surface area contributed by atoms with E-state index in [4.69, 9.17) is 21.7 Å². The maximum absolute atomic E-state index is 5.43. The fourth-order valence-electron chi connectivity index (χ4n) is 1.92. The SMILES string of the molecule is COCCOCCCCn1c(C2CC2)n[nH]c1=S. The number of nitrogens with one attached hydrogen (secondary N) is 1. The lowest BCUT2D eigenvalue weighted by atomic mass is 10.3. The molecule has 2 rings (SSSR count). The maximum Gasteiger partial charge on any atom is 0.195 e. The van der Waals surface area contributed by atoms with Crippen LogP contribution in [0.3, 0.4) is 0 Å². The number of ether oxygens (including phenoxy) is 2. The van der Waals surface area contributed by atoms with Gasteiger partial charge in [0.05, 0.1) is 13.2 Å². The molecule has 0 radical (unpaired) electrons. The number of nitrogens with zero attached hydrogens (tertiary/aromatic N) is 2. The van der Waals surface area contributed by atoms with Crippen molar-refractivity contribution in [1.29, 1.82) is 0 Å². The third-order valence-corrected chi connectivity index (χ3v) is 3.39. The van der Waals surface area contributed by atoms with Crippen molar-refractivity contribution in [3.05, 3.63) is 10.6 Å². The molecule has 0 aromatic carbocycles. The summed E-state index contributed by atoms with van der Waals surface area (Å²) in [5.41, 5.74) is 0. The summed E-state index contributed by atoms with van der Waals surface area (Å²) in [6.07, 6.45) is 4.61. The lowest BCUT2D eigenvalue weighted by Crippen LogP contribution is -2.06. The number of aromatic nitrogens is 3. The molecule has 1 saturated carbocycles. The molecule has 1 aliphatic carbocycles. The minimum absolute atomic E-state index is 0.635. The monoisotopic (exact) mass is 271 g/mol. The van der Waals surface area contributed by atoms with Gasteiger partial charge in [-0.1, -0.05) is 0 Å². The molecule has 1 aliphatic rings. The van der Waals surface area contributed by atoms with Crippen LogP contribution < -0.4 is 0 Å². The number of rotatable bonds is 9. The molecule has 1 heterocycles. The minimum Gasteiger partial charge on any atom is -0.382 e. The molecule has 0 saturated heterocycles. The molecule has 0 atom stereocenters. The van der Waals surface area contributed by atoms with Gasteiger partial charge in [0, 0.05) is 26.2 Å². The predicted octanol–water partition coefficient (Wildman–Crippen LogP) is 2.26. The van der Waals surface area contributed by atoms with Gasteiger partial charge in [0.15, 0.2) is 4.77 Å². The van der Waals surface area contributed by atoms with Crippen LogP contribution in [-0.4, -0.2) is 41.7 Å². The van der Waals surface area contributed by atoms with Gasteiger partial charge >= 0.3 is 0 Å². The van der Waals surface area contributed by atoms with Crippen LogP contribution in [-0.2, 0) is 16.0 Å². The second kappa shape index (κ2) is 7.01. The maximum atomic E-state index is 5.43. The third-order valence-electron chi connectivity index (χ3n) is 3.08. The van der Waals surface area contributed by atoms with Crippen LogP contribution in [0.25, 0.3) is 0 Å². The highest BCUT2D eigenvalue weighted by molar-refractivity contribution is 7.71. The molecule has 0 unspecified atom stereocenters. The Morgan fingerprint density at radius 1 is 1.33 bits per heavy atom. The number of hydrogen-bond donors (Lipinski definition) is 1. The molecule has 0 amide bonds. The highest BCUT2D eigenvalue weighted by Gasteiger charge is 2.28. The normalized spacial score (nSPS) is 15.2. The first-order chi connectivity index (χ1) is 8.83. The molecule has 1 aromatic rings. The van der Waals surface area contributed by atoms with E-state index in [9.17, 15) is 0 Å². The van der Waals surface area contributed by atoms with E-state index < -0.39 is 0 Å². The van der Waals surface area contributed by atoms with Gasteiger partial charge in [0.1, 0.15) is 5.82 Å². The first-order valence-electron chi connectivity index (χ1n) is 6.54. The highest BCUT2D eigenvalue weighted by Crippen LogP contribution is 2.38. The highest BCUT2D eigenvalue weighted by atomic mass is 32.1. The summed E-state index contributed by atoms with van der Waals surface area (Å²) in [5.74, 6) is 1.77. The van der Waals surface area contributed by atoms with Crippen molar-refractivity contribution in [3.63, 3.8) is 0 Å². The largest absolute Gasteiger partial charge is 0.382 e. The van der Waals surface area contributed by atoms with E-state index in [1.165, 1.54) is 12.8 Å². The Balaban J connectivity index is 1.67. The van der Waals surface area contributed by atoms with Gasteiger partial charge < -0.3 is 14.0 Å². The number of hydrogen-bond acceptors (Lipinski definition) is 4. The zero-order chi connectivity index (χ0) is 12.8. The minimum atomic E-state index is 0.635. The Bertz CT molecular complexity index is 412. The molecule has 6 heteroatoms. The van der Waals surface area contributed by atoms with Crippen molar-refractivity contribution < 1.29 is 9.47 Å². The zero-order valence-corrected chi connectivity index (χ0v) is 11.7. The van der Waals surface area contributed by atoms with Crippen LogP contribution in [0.4, 0.5) is 0 Å². The van der Waals surface area contributed by atoms with Gasteiger partial charge in [-0.2, -0.15) is 5.10 Å². The molecule has 18 heavy (non-hydrogen) atoms. The summed E-state index contributed by atoms with van der Waals surface area (Å²) < 4.78 is 13.2. The summed E-state index contributed by atoms with van der Waals surface area (Å²) >= 11 is 5.25. The lowest BCUT2D eigenvalue weighted by Gasteiger charge is -2.06. The molecule has 1 N–H and O–H groups in total. The van der Waals surface area contributed by atoms with Crippen molar-refractivity contribution >= 4 is 12.2 Å². The topological polar surface area (TPSA) is 52.1 Å². The average molecular weight is 271 g/mol. The van der Waals surface area contributed by atoms with Gasteiger partial charge in [0.25, 0.3) is 0 Å². The summed E-state index contributed by atoms with van der Waals surface area (Å²) in [6, 6.07) is 0. The predicted molar refractivity (Wildman–Crippen MR) is 71.3 cm³/mol. The fourth-order valence-corrected chi connectivity index (χ4v) is 2.15. The molecule has 0 bridgehead atoms. The van der Waals surface area contributed by atoms with E-state index >= 15 is 0 Å². The van der Waals surface area contributed by atoms with Gasteiger partial charge in [-0.25, -0.2) is 0 Å². The standard InChI is InChI=1S/C12H21N3O2S/c1-16-8-9-17-7-3-2-6-15-11(10-4-5-10)13-14-12(15)18/h10H,2-9H2,1H3,(H,14,18). The average Bonchev–Trinajstić information content (AvgIpc) is 3.14. The number of methoxy groups -OCH3 is 1. The quantitative estimate of drug-likeness (QED) is 0.553. The third kappa shape index (κ3) is 3.90. The summed E-state index contributed by atoms with van der Waals surface area (Å²) in [7, 11) is 1.68. The van der Waals surface area contributed by atoms with E-state index in [0.29, 0.717) is 19.1 Å². The molecule has 0 aliphatic heterocycles. The molecule has 1 aromatic heterocycles. The van der Waals surface area contributed by atoms with Crippen molar-refractivity contribution in [3.8, 4) is 0 Å². The fraction of sp³-hybridized carbons (Fsp3) is 0.833.